The molecule has 27 heavy (non-hydrogen) atoms. The monoisotopic (exact) mass is 364 g/mol. The topological polar surface area (TPSA) is 83.0 Å². The molecule has 4 heterocycles. The zero-order chi connectivity index (χ0) is 18.6. The second-order valence-electron chi connectivity index (χ2n) is 6.04. The Morgan fingerprint density at radius 3 is 2.96 bits per heavy atom. The molecule has 0 aliphatic carbocycles. The van der Waals surface area contributed by atoms with Crippen molar-refractivity contribution in [3.63, 3.8) is 0 Å². The van der Waals surface area contributed by atoms with Gasteiger partial charge in [-0.3, -0.25) is 15.2 Å². The Hall–Kier alpha value is -3.55. The first-order valence-electron chi connectivity index (χ1n) is 8.56. The highest BCUT2D eigenvalue weighted by Crippen LogP contribution is 2.30. The molecule has 0 unspecified atom stereocenters. The lowest BCUT2D eigenvalue weighted by Gasteiger charge is -2.22. The number of urea groups is 1. The normalized spacial score (nSPS) is 13.3. The summed E-state index contributed by atoms with van der Waals surface area (Å²) < 4.78 is 13.5. The lowest BCUT2D eigenvalue weighted by molar-refractivity contribution is 0.256. The fourth-order valence-electron chi connectivity index (χ4n) is 2.88. The second-order valence-corrected chi connectivity index (χ2v) is 6.04. The van der Waals surface area contributed by atoms with Gasteiger partial charge < -0.3 is 5.32 Å². The highest BCUT2D eigenvalue weighted by molar-refractivity contribution is 6.02. The van der Waals surface area contributed by atoms with E-state index in [4.69, 9.17) is 0 Å². The zero-order valence-electron chi connectivity index (χ0n) is 14.4. The van der Waals surface area contributed by atoms with Crippen molar-refractivity contribution in [1.82, 2.24) is 15.0 Å². The number of amides is 2. The molecule has 8 heteroatoms. The summed E-state index contributed by atoms with van der Waals surface area (Å²) in [5.41, 5.74) is 1.84. The van der Waals surface area contributed by atoms with E-state index in [9.17, 15) is 9.18 Å². The molecule has 136 valence electrons. The molecule has 0 atom stereocenters. The van der Waals surface area contributed by atoms with Crippen molar-refractivity contribution in [3.05, 3.63) is 60.8 Å². The van der Waals surface area contributed by atoms with Gasteiger partial charge in [0, 0.05) is 31.0 Å². The average Bonchev–Trinajstić information content (AvgIpc) is 2.90. The lowest BCUT2D eigenvalue weighted by atomic mass is 10.2. The number of nitrogens with zero attached hydrogens (tertiary/aromatic N) is 4. The largest absolute Gasteiger partial charge is 0.382 e. The van der Waals surface area contributed by atoms with Gasteiger partial charge in [0.25, 0.3) is 0 Å². The van der Waals surface area contributed by atoms with Gasteiger partial charge in [-0.05, 0) is 36.8 Å². The Kier molecular flexibility index (Phi) is 4.61. The summed E-state index contributed by atoms with van der Waals surface area (Å²) >= 11 is 0. The van der Waals surface area contributed by atoms with Crippen LogP contribution < -0.4 is 15.5 Å². The number of aromatic nitrogens is 3. The van der Waals surface area contributed by atoms with Crippen molar-refractivity contribution in [3.8, 4) is 11.3 Å². The Bertz CT molecular complexity index is 965. The number of hydrogen-bond donors (Lipinski definition) is 2. The molecule has 2 N–H and O–H groups in total. The fraction of sp³-hybridized carbons (Fsp3) is 0.158. The van der Waals surface area contributed by atoms with Gasteiger partial charge in [0.05, 0.1) is 17.6 Å². The summed E-state index contributed by atoms with van der Waals surface area (Å²) in [5, 5.41) is 6.06. The number of fused-ring (bicyclic) bond motifs is 1. The van der Waals surface area contributed by atoms with E-state index in [1.54, 1.807) is 41.6 Å². The summed E-state index contributed by atoms with van der Waals surface area (Å²) in [7, 11) is 0. The Morgan fingerprint density at radius 2 is 2.15 bits per heavy atom. The molecule has 7 nitrogen and oxygen atoms in total. The molecular formula is C19H17FN6O. The van der Waals surface area contributed by atoms with Crippen LogP contribution in [-0.4, -0.2) is 34.1 Å². The van der Waals surface area contributed by atoms with E-state index in [2.05, 4.69) is 25.6 Å². The van der Waals surface area contributed by atoms with Crippen LogP contribution in [-0.2, 0) is 0 Å². The maximum atomic E-state index is 13.5. The van der Waals surface area contributed by atoms with Gasteiger partial charge in [0.15, 0.2) is 5.82 Å². The van der Waals surface area contributed by atoms with Crippen LogP contribution in [0, 0.1) is 5.82 Å². The molecule has 0 saturated heterocycles. The molecule has 2 amide bonds. The molecule has 0 fully saturated rings. The molecular weight excluding hydrogens is 347 g/mol. The standard InChI is InChI=1S/C19H17FN6O/c20-14-10-13(11-21-12-14)15-5-6-16-18(24-15)26(9-3-8-22-16)19(27)25-17-4-1-2-7-23-17/h1-2,4-7,10-12,22H,3,8-9H2,(H,23,25,27). The number of rotatable bonds is 2. The Morgan fingerprint density at radius 1 is 1.22 bits per heavy atom. The third-order valence-corrected chi connectivity index (χ3v) is 4.15. The second kappa shape index (κ2) is 7.36. The molecule has 1 aliphatic rings. The van der Waals surface area contributed by atoms with E-state index >= 15 is 0 Å². The molecule has 3 aromatic rings. The molecule has 0 saturated carbocycles. The Labute approximate surface area is 155 Å². The minimum atomic E-state index is -0.438. The number of carbonyl (C=O) groups excluding carboxylic acids is 1. The van der Waals surface area contributed by atoms with Crippen LogP contribution in [0.15, 0.2) is 55.0 Å². The molecule has 0 bridgehead atoms. The number of carbonyl (C=O) groups is 1. The van der Waals surface area contributed by atoms with Gasteiger partial charge in [-0.25, -0.2) is 19.2 Å². The number of pyridine rings is 3. The van der Waals surface area contributed by atoms with Gasteiger partial charge in [0.2, 0.25) is 0 Å². The molecule has 4 rings (SSSR count). The SMILES string of the molecule is O=C(Nc1ccccn1)N1CCCNc2ccc(-c3cncc(F)c3)nc21. The van der Waals surface area contributed by atoms with Crippen LogP contribution >= 0.6 is 0 Å². The van der Waals surface area contributed by atoms with Crippen LogP contribution in [0.2, 0.25) is 0 Å². The van der Waals surface area contributed by atoms with E-state index in [1.807, 2.05) is 6.07 Å². The van der Waals surface area contributed by atoms with Gasteiger partial charge in [-0.15, -0.1) is 0 Å². The quantitative estimate of drug-likeness (QED) is 0.727. The van der Waals surface area contributed by atoms with Crippen LogP contribution in [0.3, 0.4) is 0 Å². The number of halogens is 1. The van der Waals surface area contributed by atoms with E-state index in [-0.39, 0.29) is 6.03 Å². The van der Waals surface area contributed by atoms with Crippen molar-refractivity contribution < 1.29 is 9.18 Å². The zero-order valence-corrected chi connectivity index (χ0v) is 14.4. The number of nitrogens with one attached hydrogen (secondary N) is 2. The van der Waals surface area contributed by atoms with E-state index in [0.29, 0.717) is 29.4 Å². The minimum absolute atomic E-state index is 0.319. The predicted octanol–water partition coefficient (Wildman–Crippen LogP) is 3.53. The number of anilines is 3. The highest BCUT2D eigenvalue weighted by Gasteiger charge is 2.23. The van der Waals surface area contributed by atoms with Gasteiger partial charge in [-0.2, -0.15) is 0 Å². The van der Waals surface area contributed by atoms with E-state index in [0.717, 1.165) is 24.8 Å². The molecule has 1 aliphatic heterocycles. The summed E-state index contributed by atoms with van der Waals surface area (Å²) in [4.78, 5) is 27.0. The molecule has 0 aromatic carbocycles. The smallest absolute Gasteiger partial charge is 0.328 e. The van der Waals surface area contributed by atoms with Crippen LogP contribution in [0.25, 0.3) is 11.3 Å². The highest BCUT2D eigenvalue weighted by atomic mass is 19.1. The summed E-state index contributed by atoms with van der Waals surface area (Å²) in [6.07, 6.45) is 5.06. The van der Waals surface area contributed by atoms with Crippen LogP contribution in [0.4, 0.5) is 26.5 Å². The molecule has 0 radical (unpaired) electrons. The fourth-order valence-corrected chi connectivity index (χ4v) is 2.88. The van der Waals surface area contributed by atoms with Gasteiger partial charge in [-0.1, -0.05) is 6.07 Å². The predicted molar refractivity (Wildman–Crippen MR) is 101 cm³/mol. The first-order chi connectivity index (χ1) is 13.2. The van der Waals surface area contributed by atoms with Crippen molar-refractivity contribution in [2.75, 3.05) is 28.6 Å². The van der Waals surface area contributed by atoms with Crippen molar-refractivity contribution in [1.29, 1.82) is 0 Å². The third-order valence-electron chi connectivity index (χ3n) is 4.15. The third kappa shape index (κ3) is 3.69. The average molecular weight is 364 g/mol. The molecule has 3 aromatic heterocycles. The lowest BCUT2D eigenvalue weighted by Crippen LogP contribution is -2.36. The van der Waals surface area contributed by atoms with E-state index in [1.165, 1.54) is 6.07 Å². The summed E-state index contributed by atoms with van der Waals surface area (Å²) in [5.74, 6) is 0.515. The molecule has 0 spiro atoms. The maximum absolute atomic E-state index is 13.5. The summed E-state index contributed by atoms with van der Waals surface area (Å²) in [6.45, 7) is 1.22. The minimum Gasteiger partial charge on any atom is -0.382 e. The van der Waals surface area contributed by atoms with Crippen LogP contribution in [0.5, 0.6) is 0 Å². The van der Waals surface area contributed by atoms with Gasteiger partial charge in [0.1, 0.15) is 11.6 Å². The van der Waals surface area contributed by atoms with Crippen molar-refractivity contribution >= 4 is 23.4 Å². The Balaban J connectivity index is 1.69. The number of hydrogen-bond acceptors (Lipinski definition) is 5. The first kappa shape index (κ1) is 16.9. The van der Waals surface area contributed by atoms with Crippen molar-refractivity contribution in [2.24, 2.45) is 0 Å². The van der Waals surface area contributed by atoms with E-state index < -0.39 is 5.82 Å². The first-order valence-corrected chi connectivity index (χ1v) is 8.56. The van der Waals surface area contributed by atoms with Crippen molar-refractivity contribution in [2.45, 2.75) is 6.42 Å². The summed E-state index contributed by atoms with van der Waals surface area (Å²) in [6, 6.07) is 9.97. The van der Waals surface area contributed by atoms with Crippen LogP contribution in [0.1, 0.15) is 6.42 Å². The van der Waals surface area contributed by atoms with Gasteiger partial charge >= 0.3 is 6.03 Å². The maximum Gasteiger partial charge on any atom is 0.328 e.